The largest absolute Gasteiger partial charge is 0.478 e. The number of carbonyl (C=O) groups is 1. The topological polar surface area (TPSA) is 75.6 Å². The molecule has 1 rings (SSSR count). The van der Waals surface area contributed by atoms with E-state index in [1.54, 1.807) is 19.1 Å². The van der Waals surface area contributed by atoms with E-state index >= 15 is 0 Å². The van der Waals surface area contributed by atoms with Crippen LogP contribution in [0.15, 0.2) is 24.3 Å². The van der Waals surface area contributed by atoms with Crippen molar-refractivity contribution < 1.29 is 19.0 Å². The molecule has 0 aliphatic rings. The summed E-state index contributed by atoms with van der Waals surface area (Å²) in [6.45, 7) is 7.89. The lowest BCUT2D eigenvalue weighted by molar-refractivity contribution is 0.0697. The van der Waals surface area contributed by atoms with Crippen molar-refractivity contribution >= 4 is 18.6 Å². The van der Waals surface area contributed by atoms with Crippen LogP contribution in [0, 0.1) is 0 Å². The summed E-state index contributed by atoms with van der Waals surface area (Å²) in [5.41, 5.74) is 0.168. The fraction of sp³-hybridized carbons (Fsp3) is 0.500. The van der Waals surface area contributed by atoms with Crippen LogP contribution in [0.3, 0.4) is 0 Å². The highest BCUT2D eigenvalue weighted by Gasteiger charge is 2.33. The molecular formula is C14H22NO4P. The van der Waals surface area contributed by atoms with Crippen LogP contribution in [0.4, 0.5) is 0 Å². The number of carboxylic acid groups (broad SMARTS) is 1. The van der Waals surface area contributed by atoms with Crippen LogP contribution in [0.2, 0.25) is 0 Å². The van der Waals surface area contributed by atoms with Gasteiger partial charge in [-0.2, -0.15) is 0 Å². The van der Waals surface area contributed by atoms with Gasteiger partial charge in [0.05, 0.1) is 18.0 Å². The maximum atomic E-state index is 13.1. The summed E-state index contributed by atoms with van der Waals surface area (Å²) in [5, 5.41) is 12.6. The highest BCUT2D eigenvalue weighted by Crippen LogP contribution is 2.49. The molecule has 2 unspecified atom stereocenters. The first-order chi connectivity index (χ1) is 9.31. The quantitative estimate of drug-likeness (QED) is 0.757. The van der Waals surface area contributed by atoms with E-state index in [4.69, 9.17) is 9.63 Å². The van der Waals surface area contributed by atoms with E-state index in [9.17, 15) is 9.36 Å². The van der Waals surface area contributed by atoms with E-state index in [-0.39, 0.29) is 17.4 Å². The average molecular weight is 299 g/mol. The van der Waals surface area contributed by atoms with E-state index in [1.807, 2.05) is 20.8 Å². The minimum Gasteiger partial charge on any atom is -0.478 e. The van der Waals surface area contributed by atoms with Crippen molar-refractivity contribution in [1.29, 1.82) is 0 Å². The molecule has 0 saturated heterocycles. The summed E-state index contributed by atoms with van der Waals surface area (Å²) in [5.74, 6) is -1.34. The zero-order valence-electron chi connectivity index (χ0n) is 12.3. The number of rotatable bonds is 7. The lowest BCUT2D eigenvalue weighted by atomic mass is 10.2. The van der Waals surface area contributed by atoms with Gasteiger partial charge in [0.25, 0.3) is 0 Å². The van der Waals surface area contributed by atoms with Gasteiger partial charge in [0.1, 0.15) is 0 Å². The predicted octanol–water partition coefficient (Wildman–Crippen LogP) is 2.67. The summed E-state index contributed by atoms with van der Waals surface area (Å²) in [6.07, 6.45) is 0. The maximum Gasteiger partial charge on any atom is 0.335 e. The molecule has 0 spiro atoms. The van der Waals surface area contributed by atoms with E-state index < -0.39 is 13.3 Å². The molecule has 2 atom stereocenters. The molecule has 0 aliphatic heterocycles. The van der Waals surface area contributed by atoms with Crippen LogP contribution in [0.1, 0.15) is 38.1 Å². The minimum absolute atomic E-state index is 0.168. The standard InChI is InChI=1S/C14H22NO4P/c1-5-19-20(18,11(4)15-10(2)3)13-8-6-12(7-9-13)14(16)17/h6-11,15H,5H2,1-4H3,(H,16,17). The van der Waals surface area contributed by atoms with E-state index in [0.29, 0.717) is 11.9 Å². The molecule has 5 nitrogen and oxygen atoms in total. The second kappa shape index (κ2) is 7.02. The number of carboxylic acids is 1. The lowest BCUT2D eigenvalue weighted by Gasteiger charge is -2.27. The van der Waals surface area contributed by atoms with Gasteiger partial charge < -0.3 is 14.9 Å². The molecule has 0 saturated carbocycles. The summed E-state index contributed by atoms with van der Waals surface area (Å²) < 4.78 is 18.6. The maximum absolute atomic E-state index is 13.1. The number of benzene rings is 1. The van der Waals surface area contributed by atoms with Gasteiger partial charge in [-0.3, -0.25) is 4.57 Å². The smallest absolute Gasteiger partial charge is 0.335 e. The molecule has 6 heteroatoms. The van der Waals surface area contributed by atoms with Gasteiger partial charge in [-0.15, -0.1) is 0 Å². The van der Waals surface area contributed by atoms with Gasteiger partial charge in [-0.25, -0.2) is 4.79 Å². The molecule has 0 radical (unpaired) electrons. The normalized spacial score (nSPS) is 15.8. The number of aromatic carboxylic acids is 1. The highest BCUT2D eigenvalue weighted by atomic mass is 31.2. The van der Waals surface area contributed by atoms with Gasteiger partial charge in [0.2, 0.25) is 7.37 Å². The number of hydrogen-bond donors (Lipinski definition) is 2. The fourth-order valence-electron chi connectivity index (χ4n) is 1.99. The Bertz CT molecular complexity index is 498. The Balaban J connectivity index is 3.11. The van der Waals surface area contributed by atoms with Crippen LogP contribution in [0.5, 0.6) is 0 Å². The Hall–Kier alpha value is -1.16. The zero-order chi connectivity index (χ0) is 15.3. The zero-order valence-corrected chi connectivity index (χ0v) is 13.2. The Morgan fingerprint density at radius 3 is 2.25 bits per heavy atom. The first-order valence-corrected chi connectivity index (χ1v) is 8.35. The SMILES string of the molecule is CCOP(=O)(c1ccc(C(=O)O)cc1)C(C)NC(C)C. The Morgan fingerprint density at radius 1 is 1.30 bits per heavy atom. The molecule has 0 aliphatic carbocycles. The highest BCUT2D eigenvalue weighted by molar-refractivity contribution is 7.67. The van der Waals surface area contributed by atoms with Crippen molar-refractivity contribution in [3.8, 4) is 0 Å². The molecule has 112 valence electrons. The second-order valence-electron chi connectivity index (χ2n) is 4.86. The van der Waals surface area contributed by atoms with Gasteiger partial charge >= 0.3 is 5.97 Å². The summed E-state index contributed by atoms with van der Waals surface area (Å²) in [6, 6.07) is 6.21. The Morgan fingerprint density at radius 2 is 1.85 bits per heavy atom. The number of nitrogens with one attached hydrogen (secondary N) is 1. The summed E-state index contributed by atoms with van der Waals surface area (Å²) in [4.78, 5) is 10.9. The van der Waals surface area contributed by atoms with Gasteiger partial charge in [-0.05, 0) is 38.1 Å². The average Bonchev–Trinajstić information content (AvgIpc) is 2.38. The van der Waals surface area contributed by atoms with Crippen molar-refractivity contribution in [2.45, 2.75) is 39.5 Å². The third-order valence-corrected chi connectivity index (χ3v) is 5.71. The first-order valence-electron chi connectivity index (χ1n) is 6.65. The van der Waals surface area contributed by atoms with Crippen molar-refractivity contribution in [1.82, 2.24) is 5.32 Å². The van der Waals surface area contributed by atoms with Crippen LogP contribution < -0.4 is 10.6 Å². The molecule has 20 heavy (non-hydrogen) atoms. The van der Waals surface area contributed by atoms with Crippen molar-refractivity contribution in [3.63, 3.8) is 0 Å². The van der Waals surface area contributed by atoms with Gasteiger partial charge in [0.15, 0.2) is 0 Å². The number of hydrogen-bond acceptors (Lipinski definition) is 4. The third kappa shape index (κ3) is 3.92. The summed E-state index contributed by atoms with van der Waals surface area (Å²) in [7, 11) is -3.07. The molecule has 0 heterocycles. The lowest BCUT2D eigenvalue weighted by Crippen LogP contribution is -2.35. The molecule has 0 aromatic heterocycles. The van der Waals surface area contributed by atoms with Crippen LogP contribution >= 0.6 is 7.37 Å². The molecule has 2 N–H and O–H groups in total. The Labute approximate surface area is 119 Å². The van der Waals surface area contributed by atoms with Gasteiger partial charge in [-0.1, -0.05) is 13.8 Å². The molecule has 1 aromatic carbocycles. The van der Waals surface area contributed by atoms with E-state index in [1.165, 1.54) is 12.1 Å². The van der Waals surface area contributed by atoms with E-state index in [2.05, 4.69) is 5.32 Å². The first kappa shape index (κ1) is 16.9. The van der Waals surface area contributed by atoms with Crippen molar-refractivity contribution in [2.24, 2.45) is 0 Å². The monoisotopic (exact) mass is 299 g/mol. The minimum atomic E-state index is -3.07. The fourth-order valence-corrected chi connectivity index (χ4v) is 4.26. The molecule has 0 amide bonds. The molecule has 1 aromatic rings. The predicted molar refractivity (Wildman–Crippen MR) is 80.0 cm³/mol. The molecular weight excluding hydrogens is 277 g/mol. The third-order valence-electron chi connectivity index (χ3n) is 2.88. The van der Waals surface area contributed by atoms with E-state index in [0.717, 1.165) is 0 Å². The second-order valence-corrected chi connectivity index (χ2v) is 7.61. The molecule has 0 fully saturated rings. The van der Waals surface area contributed by atoms with Crippen LogP contribution in [-0.4, -0.2) is 29.5 Å². The van der Waals surface area contributed by atoms with Crippen LogP contribution in [-0.2, 0) is 9.09 Å². The molecule has 0 bridgehead atoms. The summed E-state index contributed by atoms with van der Waals surface area (Å²) >= 11 is 0. The van der Waals surface area contributed by atoms with Crippen molar-refractivity contribution in [3.05, 3.63) is 29.8 Å². The van der Waals surface area contributed by atoms with Gasteiger partial charge in [0, 0.05) is 11.3 Å². The van der Waals surface area contributed by atoms with Crippen LogP contribution in [0.25, 0.3) is 0 Å². The van der Waals surface area contributed by atoms with Crippen molar-refractivity contribution in [2.75, 3.05) is 6.61 Å². The Kier molecular flexibility index (Phi) is 5.93.